The molecule has 18 heteroatoms. The number of carbonyl (C=O) groups is 2. The van der Waals surface area contributed by atoms with E-state index < -0.39 is 96.8 Å². The standard InChI is InChI=1S/C19H33NO15S.Na/c1-4-5-30-19-17(32-9(3)23)15(26)16(11(34-19)7-31-36(27,28)29)35-18-12(20-8(2)22)14(25)13(24)10(6-21)33-18;/h10-19,21,24-26H,4-7H2,1-3H3,(H,20,22)(H,27,28,29);/q;+1/p-1/t10-,11-,12-,13-,14-,15+,16-,17-,18+,19+;/m1./s1. The van der Waals surface area contributed by atoms with Crippen molar-refractivity contribution < 1.29 is 100 Å². The number of hydrogen-bond donors (Lipinski definition) is 5. The van der Waals surface area contributed by atoms with E-state index in [4.69, 9.17) is 23.7 Å². The van der Waals surface area contributed by atoms with Crippen LogP contribution in [0.25, 0.3) is 0 Å². The maximum absolute atomic E-state index is 11.7. The molecule has 0 aromatic rings. The number of aliphatic hydroxyl groups excluding tert-OH is 4. The SMILES string of the molecule is CCCO[C@H]1O[C@H](COS(=O)(=O)[O-])[C@@H](O[C@@H]2O[C@H](CO)[C@@H](O)[C@H](O)[C@H]2NC(C)=O)[C@H](O)[C@H]1OC(C)=O.[Na+]. The van der Waals surface area contributed by atoms with E-state index in [9.17, 15) is 43.0 Å². The molecule has 10 atom stereocenters. The van der Waals surface area contributed by atoms with Crippen molar-refractivity contribution in [2.24, 2.45) is 0 Å². The molecule has 0 saturated carbocycles. The van der Waals surface area contributed by atoms with Crippen LogP contribution < -0.4 is 34.9 Å². The Morgan fingerprint density at radius 3 is 2.14 bits per heavy atom. The summed E-state index contributed by atoms with van der Waals surface area (Å²) in [7, 11) is -5.21. The Balaban J connectivity index is 0.00000684. The van der Waals surface area contributed by atoms with E-state index in [2.05, 4.69) is 9.50 Å². The summed E-state index contributed by atoms with van der Waals surface area (Å²) < 4.78 is 64.8. The molecule has 2 fully saturated rings. The fraction of sp³-hybridized carbons (Fsp3) is 0.895. The third-order valence-electron chi connectivity index (χ3n) is 5.32. The molecule has 2 rings (SSSR count). The summed E-state index contributed by atoms with van der Waals surface area (Å²) >= 11 is 0. The van der Waals surface area contributed by atoms with Crippen LogP contribution in [-0.4, -0.2) is 126 Å². The van der Waals surface area contributed by atoms with Crippen molar-refractivity contribution in [2.75, 3.05) is 19.8 Å². The smallest absolute Gasteiger partial charge is 0.726 e. The summed E-state index contributed by atoms with van der Waals surface area (Å²) in [6, 6.07) is -1.43. The van der Waals surface area contributed by atoms with Crippen molar-refractivity contribution in [2.45, 2.75) is 88.5 Å². The summed E-state index contributed by atoms with van der Waals surface area (Å²) in [4.78, 5) is 23.3. The number of ether oxygens (including phenoxy) is 5. The van der Waals surface area contributed by atoms with Crippen LogP contribution in [0, 0.1) is 0 Å². The number of carbonyl (C=O) groups excluding carboxylic acids is 2. The second kappa shape index (κ2) is 15.3. The number of rotatable bonds is 11. The summed E-state index contributed by atoms with van der Waals surface area (Å²) in [5, 5.41) is 43.5. The molecular weight excluding hydrogens is 537 g/mol. The van der Waals surface area contributed by atoms with Crippen LogP contribution in [-0.2, 0) is 47.9 Å². The minimum atomic E-state index is -5.21. The Bertz CT molecular complexity index is 847. The molecule has 2 aliphatic rings. The van der Waals surface area contributed by atoms with E-state index in [1.165, 1.54) is 0 Å². The van der Waals surface area contributed by atoms with Crippen LogP contribution in [0.3, 0.4) is 0 Å². The second-order valence-corrected chi connectivity index (χ2v) is 9.26. The van der Waals surface area contributed by atoms with Gasteiger partial charge in [0.25, 0.3) is 0 Å². The van der Waals surface area contributed by atoms with Crippen LogP contribution in [0.5, 0.6) is 0 Å². The largest absolute Gasteiger partial charge is 1.00 e. The van der Waals surface area contributed by atoms with Gasteiger partial charge >= 0.3 is 35.5 Å². The van der Waals surface area contributed by atoms with E-state index in [-0.39, 0.29) is 36.2 Å². The van der Waals surface area contributed by atoms with Gasteiger partial charge in [0.2, 0.25) is 16.3 Å². The zero-order chi connectivity index (χ0) is 27.2. The fourth-order valence-corrected chi connectivity index (χ4v) is 4.07. The van der Waals surface area contributed by atoms with E-state index in [1.54, 1.807) is 6.92 Å². The third-order valence-corrected chi connectivity index (χ3v) is 5.75. The van der Waals surface area contributed by atoms with Crippen LogP contribution in [0.4, 0.5) is 0 Å². The maximum Gasteiger partial charge on any atom is 1.00 e. The maximum atomic E-state index is 11.7. The van der Waals surface area contributed by atoms with Crippen LogP contribution in [0.1, 0.15) is 27.2 Å². The van der Waals surface area contributed by atoms with Gasteiger partial charge in [-0.1, -0.05) is 6.92 Å². The molecule has 0 aromatic heterocycles. The van der Waals surface area contributed by atoms with Crippen molar-refractivity contribution in [3.05, 3.63) is 0 Å². The Hall–Kier alpha value is -0.510. The number of esters is 1. The third kappa shape index (κ3) is 9.87. The molecule has 2 heterocycles. The molecule has 210 valence electrons. The average Bonchev–Trinajstić information content (AvgIpc) is 2.78. The molecular formula is C19H32NNaO15S. The van der Waals surface area contributed by atoms with Gasteiger partial charge in [0, 0.05) is 20.5 Å². The molecule has 0 radical (unpaired) electrons. The normalized spacial score (nSPS) is 36.3. The molecule has 37 heavy (non-hydrogen) atoms. The van der Waals surface area contributed by atoms with Gasteiger partial charge < -0.3 is 54.0 Å². The summed E-state index contributed by atoms with van der Waals surface area (Å²) in [5.41, 5.74) is 0. The monoisotopic (exact) mass is 569 g/mol. The predicted molar refractivity (Wildman–Crippen MR) is 112 cm³/mol. The molecule has 16 nitrogen and oxygen atoms in total. The Kier molecular flexibility index (Phi) is 14.3. The first kappa shape index (κ1) is 34.5. The van der Waals surface area contributed by atoms with Gasteiger partial charge in [0.05, 0.1) is 13.2 Å². The first-order valence-corrected chi connectivity index (χ1v) is 12.4. The molecule has 0 spiro atoms. The molecule has 1 amide bonds. The molecule has 0 unspecified atom stereocenters. The van der Waals surface area contributed by atoms with Crippen molar-refractivity contribution >= 4 is 22.3 Å². The van der Waals surface area contributed by atoms with Crippen molar-refractivity contribution in [1.82, 2.24) is 5.32 Å². The molecule has 2 aliphatic heterocycles. The predicted octanol–water partition coefficient (Wildman–Crippen LogP) is -6.76. The number of nitrogens with one attached hydrogen (secondary N) is 1. The van der Waals surface area contributed by atoms with Crippen LogP contribution >= 0.6 is 0 Å². The van der Waals surface area contributed by atoms with Gasteiger partial charge in [-0.3, -0.25) is 13.8 Å². The van der Waals surface area contributed by atoms with Gasteiger partial charge in [0.1, 0.15) is 42.7 Å². The minimum Gasteiger partial charge on any atom is -0.726 e. The summed E-state index contributed by atoms with van der Waals surface area (Å²) in [6.45, 7) is 2.29. The summed E-state index contributed by atoms with van der Waals surface area (Å²) in [5.74, 6) is -1.48. The molecule has 0 aliphatic carbocycles. The van der Waals surface area contributed by atoms with E-state index in [0.29, 0.717) is 6.42 Å². The first-order valence-electron chi connectivity index (χ1n) is 11.1. The van der Waals surface area contributed by atoms with Crippen LogP contribution in [0.15, 0.2) is 0 Å². The van der Waals surface area contributed by atoms with E-state index in [0.717, 1.165) is 13.8 Å². The molecule has 2 saturated heterocycles. The first-order chi connectivity index (χ1) is 16.8. The van der Waals surface area contributed by atoms with Crippen molar-refractivity contribution in [3.63, 3.8) is 0 Å². The Labute approximate surface area is 235 Å². The molecule has 0 aromatic carbocycles. The Morgan fingerprint density at radius 2 is 1.62 bits per heavy atom. The zero-order valence-electron chi connectivity index (χ0n) is 20.8. The van der Waals surface area contributed by atoms with Crippen molar-refractivity contribution in [3.8, 4) is 0 Å². The van der Waals surface area contributed by atoms with Crippen LogP contribution in [0.2, 0.25) is 0 Å². The van der Waals surface area contributed by atoms with Crippen molar-refractivity contribution in [1.29, 1.82) is 0 Å². The number of amides is 1. The van der Waals surface area contributed by atoms with Gasteiger partial charge in [-0.15, -0.1) is 0 Å². The van der Waals surface area contributed by atoms with E-state index in [1.807, 2.05) is 0 Å². The topological polar surface area (TPSA) is 240 Å². The fourth-order valence-electron chi connectivity index (χ4n) is 3.77. The molecule has 5 N–H and O–H groups in total. The van der Waals surface area contributed by atoms with Gasteiger partial charge in [-0.05, 0) is 6.42 Å². The minimum absolute atomic E-state index is 0. The van der Waals surface area contributed by atoms with E-state index >= 15 is 0 Å². The number of aliphatic hydroxyl groups is 4. The second-order valence-electron chi connectivity index (χ2n) is 8.20. The quantitative estimate of drug-likeness (QED) is 0.0672. The van der Waals surface area contributed by atoms with Gasteiger partial charge in [-0.25, -0.2) is 8.42 Å². The molecule has 0 bridgehead atoms. The Morgan fingerprint density at radius 1 is 1.00 bits per heavy atom. The summed E-state index contributed by atoms with van der Waals surface area (Å²) in [6.07, 6.45) is -13.7. The van der Waals surface area contributed by atoms with Gasteiger partial charge in [0.15, 0.2) is 18.7 Å². The number of hydrogen-bond acceptors (Lipinski definition) is 15. The van der Waals surface area contributed by atoms with Gasteiger partial charge in [-0.2, -0.15) is 0 Å². The average molecular weight is 570 g/mol. The zero-order valence-corrected chi connectivity index (χ0v) is 23.6.